The monoisotopic (exact) mass is 526 g/mol. The molecule has 8 nitrogen and oxygen atoms in total. The van der Waals surface area contributed by atoms with Crippen LogP contribution < -0.4 is 4.72 Å². The molecule has 11 heteroatoms. The maximum Gasteiger partial charge on any atom is 0.242 e. The summed E-state index contributed by atoms with van der Waals surface area (Å²) in [5.74, 6) is 0.878. The molecule has 3 saturated heterocycles. The summed E-state index contributed by atoms with van der Waals surface area (Å²) in [4.78, 5) is 33.0. The Labute approximate surface area is 210 Å². The molecule has 4 aliphatic rings. The molecule has 4 atom stereocenters. The van der Waals surface area contributed by atoms with Crippen LogP contribution in [0.1, 0.15) is 37.0 Å². The molecule has 1 aliphatic carbocycles. The number of piperidine rings is 2. The third-order valence-corrected chi connectivity index (χ3v) is 9.74. The fourth-order valence-corrected chi connectivity index (χ4v) is 7.66. The molecule has 4 heterocycles. The fourth-order valence-electron chi connectivity index (χ4n) is 5.59. The molecule has 4 unspecified atom stereocenters. The van der Waals surface area contributed by atoms with E-state index in [1.807, 2.05) is 4.90 Å². The lowest BCUT2D eigenvalue weighted by molar-refractivity contribution is -0.144. The van der Waals surface area contributed by atoms with Gasteiger partial charge in [0.2, 0.25) is 21.8 Å². The molecular weight excluding hydrogens is 496 g/mol. The first kappa shape index (κ1) is 24.2. The van der Waals surface area contributed by atoms with Crippen molar-refractivity contribution in [3.63, 3.8) is 0 Å². The van der Waals surface area contributed by atoms with E-state index in [9.17, 15) is 18.0 Å². The van der Waals surface area contributed by atoms with E-state index in [2.05, 4.69) is 9.62 Å². The van der Waals surface area contributed by atoms with E-state index in [1.165, 1.54) is 41.6 Å². The van der Waals surface area contributed by atoms with Gasteiger partial charge < -0.3 is 14.7 Å². The van der Waals surface area contributed by atoms with Crippen molar-refractivity contribution < 1.29 is 18.0 Å². The number of thiophene rings is 1. The largest absolute Gasteiger partial charge is 0.336 e. The van der Waals surface area contributed by atoms with Crippen LogP contribution in [0.25, 0.3) is 6.08 Å². The van der Waals surface area contributed by atoms with Crippen molar-refractivity contribution in [2.75, 3.05) is 39.3 Å². The normalized spacial score (nSPS) is 29.9. The van der Waals surface area contributed by atoms with E-state index in [0.717, 1.165) is 31.6 Å². The first-order valence-corrected chi connectivity index (χ1v) is 14.8. The van der Waals surface area contributed by atoms with Crippen LogP contribution in [0.15, 0.2) is 17.5 Å². The molecule has 0 aromatic carbocycles. The van der Waals surface area contributed by atoms with Gasteiger partial charge in [0.1, 0.15) is 6.04 Å². The van der Waals surface area contributed by atoms with Crippen LogP contribution >= 0.6 is 22.9 Å². The lowest BCUT2D eigenvalue weighted by Crippen LogP contribution is -2.55. The minimum Gasteiger partial charge on any atom is -0.336 e. The highest BCUT2D eigenvalue weighted by Gasteiger charge is 2.54. The Kier molecular flexibility index (Phi) is 7.05. The zero-order chi connectivity index (χ0) is 23.9. The predicted octanol–water partition coefficient (Wildman–Crippen LogP) is 2.23. The smallest absolute Gasteiger partial charge is 0.242 e. The first-order valence-electron chi connectivity index (χ1n) is 12.1. The number of carbonyl (C=O) groups is 2. The molecule has 1 saturated carbocycles. The lowest BCUT2D eigenvalue weighted by Gasteiger charge is -2.35. The maximum atomic E-state index is 13.2. The zero-order valence-corrected chi connectivity index (χ0v) is 21.5. The summed E-state index contributed by atoms with van der Waals surface area (Å²) in [6, 6.07) is 2.83. The lowest BCUT2D eigenvalue weighted by atomic mass is 10.1. The number of fused-ring (bicyclic) bond motifs is 1. The third kappa shape index (κ3) is 5.51. The van der Waals surface area contributed by atoms with Crippen LogP contribution in [0.2, 0.25) is 4.34 Å². The van der Waals surface area contributed by atoms with Crippen LogP contribution in [-0.2, 0) is 19.6 Å². The van der Waals surface area contributed by atoms with Gasteiger partial charge in [0, 0.05) is 36.0 Å². The molecule has 186 valence electrons. The summed E-state index contributed by atoms with van der Waals surface area (Å²) in [6.45, 7) is 4.44. The van der Waals surface area contributed by atoms with Gasteiger partial charge in [-0.05, 0) is 75.2 Å². The van der Waals surface area contributed by atoms with E-state index in [4.69, 9.17) is 11.6 Å². The number of nitrogens with zero attached hydrogens (tertiary/aromatic N) is 3. The van der Waals surface area contributed by atoms with Crippen molar-refractivity contribution in [3.05, 3.63) is 26.8 Å². The minimum atomic E-state index is -3.81. The van der Waals surface area contributed by atoms with Gasteiger partial charge in [0.05, 0.1) is 10.9 Å². The number of likely N-dealkylation sites (tertiary alicyclic amines) is 3. The van der Waals surface area contributed by atoms with E-state index >= 15 is 0 Å². The molecular formula is C23H31ClN4O4S2. The molecule has 3 aliphatic heterocycles. The van der Waals surface area contributed by atoms with Crippen molar-refractivity contribution in [1.29, 1.82) is 0 Å². The predicted molar refractivity (Wildman–Crippen MR) is 133 cm³/mol. The number of hydrogen-bond donors (Lipinski definition) is 1. The van der Waals surface area contributed by atoms with E-state index < -0.39 is 16.1 Å². The second-order valence-corrected chi connectivity index (χ2v) is 13.2. The number of halogens is 1. The van der Waals surface area contributed by atoms with Crippen LogP contribution in [0.3, 0.4) is 0 Å². The molecule has 2 amide bonds. The minimum absolute atomic E-state index is 0.0114. The van der Waals surface area contributed by atoms with Gasteiger partial charge in [-0.2, -0.15) is 4.72 Å². The number of nitrogens with one attached hydrogen (secondary N) is 1. The van der Waals surface area contributed by atoms with Gasteiger partial charge in [-0.15, -0.1) is 11.3 Å². The first-order chi connectivity index (χ1) is 16.3. The summed E-state index contributed by atoms with van der Waals surface area (Å²) in [5, 5.41) is 1.06. The van der Waals surface area contributed by atoms with Crippen LogP contribution in [0.4, 0.5) is 0 Å². The number of rotatable bonds is 8. The number of carbonyl (C=O) groups excluding carboxylic acids is 2. The Morgan fingerprint density at radius 2 is 2.00 bits per heavy atom. The maximum absolute atomic E-state index is 13.2. The number of hydrogen-bond acceptors (Lipinski definition) is 6. The van der Waals surface area contributed by atoms with Crippen molar-refractivity contribution in [1.82, 2.24) is 19.4 Å². The molecule has 5 rings (SSSR count). The topological polar surface area (TPSA) is 90.0 Å². The SMILES string of the molecule is O=C1C(NS(=O)(=O)/C=C/c2ccc(Cl)s2)CCCN1CC(=O)N1CC2CC2C1CN1CCCC1. The second-order valence-electron chi connectivity index (χ2n) is 9.84. The number of amides is 2. The molecule has 4 fully saturated rings. The molecule has 0 radical (unpaired) electrons. The summed E-state index contributed by atoms with van der Waals surface area (Å²) < 4.78 is 28.1. The molecule has 0 bridgehead atoms. The van der Waals surface area contributed by atoms with E-state index in [-0.39, 0.29) is 24.4 Å². The Hall–Kier alpha value is -1.46. The molecule has 0 spiro atoms. The molecule has 34 heavy (non-hydrogen) atoms. The van der Waals surface area contributed by atoms with Crippen molar-refractivity contribution >= 4 is 50.9 Å². The zero-order valence-electron chi connectivity index (χ0n) is 19.1. The Morgan fingerprint density at radius 3 is 2.74 bits per heavy atom. The van der Waals surface area contributed by atoms with Gasteiger partial charge in [-0.25, -0.2) is 8.42 Å². The summed E-state index contributed by atoms with van der Waals surface area (Å²) in [5.41, 5.74) is 0. The van der Waals surface area contributed by atoms with Gasteiger partial charge >= 0.3 is 0 Å². The van der Waals surface area contributed by atoms with Gasteiger partial charge in [0.25, 0.3) is 0 Å². The van der Waals surface area contributed by atoms with Gasteiger partial charge in [-0.1, -0.05) is 11.6 Å². The highest BCUT2D eigenvalue weighted by atomic mass is 35.5. The van der Waals surface area contributed by atoms with E-state index in [1.54, 1.807) is 12.1 Å². The summed E-state index contributed by atoms with van der Waals surface area (Å²) >= 11 is 7.16. The summed E-state index contributed by atoms with van der Waals surface area (Å²) in [7, 11) is -3.81. The van der Waals surface area contributed by atoms with Crippen LogP contribution in [-0.4, -0.2) is 86.3 Å². The quantitative estimate of drug-likeness (QED) is 0.561. The second kappa shape index (κ2) is 9.89. The average Bonchev–Trinajstić information content (AvgIpc) is 3.11. The standard InChI is InChI=1S/C23H31ClN4O4S2/c24-21-6-5-17(33-21)7-11-34(31,32)25-19-4-3-10-27(23(19)30)15-22(29)28-13-16-12-18(16)20(28)14-26-8-1-2-9-26/h5-7,11,16,18-20,25H,1-4,8-10,12-15H2/b11-7+. The molecule has 1 aromatic heterocycles. The fraction of sp³-hybridized carbons (Fsp3) is 0.652. The third-order valence-electron chi connectivity index (χ3n) is 7.44. The van der Waals surface area contributed by atoms with Crippen LogP contribution in [0.5, 0.6) is 0 Å². The highest BCUT2D eigenvalue weighted by molar-refractivity contribution is 7.92. The molecule has 1 aromatic rings. The summed E-state index contributed by atoms with van der Waals surface area (Å²) in [6.07, 6.45) is 6.20. The van der Waals surface area contributed by atoms with Crippen LogP contribution in [0, 0.1) is 11.8 Å². The van der Waals surface area contributed by atoms with Crippen molar-refractivity contribution in [2.24, 2.45) is 11.8 Å². The highest BCUT2D eigenvalue weighted by Crippen LogP contribution is 2.49. The number of sulfonamides is 1. The van der Waals surface area contributed by atoms with Crippen molar-refractivity contribution in [3.8, 4) is 0 Å². The Balaban J connectivity index is 1.18. The van der Waals surface area contributed by atoms with E-state index in [0.29, 0.717) is 40.4 Å². The Bertz CT molecular complexity index is 1070. The average molecular weight is 527 g/mol. The van der Waals surface area contributed by atoms with Gasteiger partial charge in [-0.3, -0.25) is 9.59 Å². The van der Waals surface area contributed by atoms with Gasteiger partial charge in [0.15, 0.2) is 0 Å². The Morgan fingerprint density at radius 1 is 1.21 bits per heavy atom. The van der Waals surface area contributed by atoms with Crippen molar-refractivity contribution in [2.45, 2.75) is 44.2 Å². The molecule has 1 N–H and O–H groups in total.